The Labute approximate surface area is 104 Å². The van der Waals surface area contributed by atoms with E-state index in [4.69, 9.17) is 0 Å². The average Bonchev–Trinajstić information content (AvgIpc) is 2.36. The molecule has 0 radical (unpaired) electrons. The molecule has 92 valence electrons. The van der Waals surface area contributed by atoms with Gasteiger partial charge in [-0.1, -0.05) is 12.2 Å². The third-order valence-electron chi connectivity index (χ3n) is 3.43. The van der Waals surface area contributed by atoms with E-state index >= 15 is 0 Å². The number of allylic oxidation sites excluding steroid dienone is 1. The van der Waals surface area contributed by atoms with Gasteiger partial charge in [0.1, 0.15) is 0 Å². The summed E-state index contributed by atoms with van der Waals surface area (Å²) in [6.45, 7) is 4.45. The standard InChI is InChI=1S/C15H22N2/c1-13-12-15(8-11-17-13)5-3-2-4-14-6-9-16-10-7-14/h3,5,8,11-12,14,16H,2,4,6-7,9-10H2,1H3/b5-3+. The molecule has 0 atom stereocenters. The fourth-order valence-electron chi connectivity index (χ4n) is 2.39. The van der Waals surface area contributed by atoms with Crippen molar-refractivity contribution < 1.29 is 0 Å². The highest BCUT2D eigenvalue weighted by molar-refractivity contribution is 5.48. The maximum Gasteiger partial charge on any atom is 0.0378 e. The fourth-order valence-corrected chi connectivity index (χ4v) is 2.39. The van der Waals surface area contributed by atoms with Gasteiger partial charge in [-0.25, -0.2) is 0 Å². The number of hydrogen-bond acceptors (Lipinski definition) is 2. The van der Waals surface area contributed by atoms with Crippen LogP contribution in [-0.2, 0) is 0 Å². The number of nitrogens with one attached hydrogen (secondary N) is 1. The number of aryl methyl sites for hydroxylation is 1. The van der Waals surface area contributed by atoms with Gasteiger partial charge in [-0.2, -0.15) is 0 Å². The Morgan fingerprint density at radius 1 is 1.41 bits per heavy atom. The lowest BCUT2D eigenvalue weighted by Crippen LogP contribution is -2.27. The quantitative estimate of drug-likeness (QED) is 0.859. The highest BCUT2D eigenvalue weighted by Gasteiger charge is 2.11. The van der Waals surface area contributed by atoms with Crippen LogP contribution in [0, 0.1) is 12.8 Å². The second kappa shape index (κ2) is 6.55. The minimum absolute atomic E-state index is 0.931. The molecule has 1 aliphatic heterocycles. The molecule has 17 heavy (non-hydrogen) atoms. The molecule has 1 aromatic heterocycles. The second-order valence-electron chi connectivity index (χ2n) is 4.90. The van der Waals surface area contributed by atoms with Crippen LogP contribution in [-0.4, -0.2) is 18.1 Å². The first-order chi connectivity index (χ1) is 8.34. The zero-order valence-corrected chi connectivity index (χ0v) is 10.7. The molecule has 2 heterocycles. The van der Waals surface area contributed by atoms with E-state index < -0.39 is 0 Å². The number of pyridine rings is 1. The molecular weight excluding hydrogens is 208 g/mol. The monoisotopic (exact) mass is 230 g/mol. The summed E-state index contributed by atoms with van der Waals surface area (Å²) in [5.41, 5.74) is 2.35. The molecule has 1 aliphatic rings. The van der Waals surface area contributed by atoms with Crippen molar-refractivity contribution in [2.24, 2.45) is 5.92 Å². The van der Waals surface area contributed by atoms with E-state index in [0.29, 0.717) is 0 Å². The van der Waals surface area contributed by atoms with Crippen molar-refractivity contribution in [1.29, 1.82) is 0 Å². The number of nitrogens with zero attached hydrogens (tertiary/aromatic N) is 1. The Bertz CT molecular complexity index is 365. The number of rotatable bonds is 4. The SMILES string of the molecule is Cc1cc(/C=C/CCC2CCNCC2)ccn1. The Balaban J connectivity index is 1.74. The summed E-state index contributed by atoms with van der Waals surface area (Å²) in [6.07, 6.45) is 11.6. The molecular formula is C15H22N2. The smallest absolute Gasteiger partial charge is 0.0378 e. The molecule has 0 bridgehead atoms. The van der Waals surface area contributed by atoms with Gasteiger partial charge in [0, 0.05) is 11.9 Å². The summed E-state index contributed by atoms with van der Waals surface area (Å²) in [5, 5.41) is 3.41. The summed E-state index contributed by atoms with van der Waals surface area (Å²) in [4.78, 5) is 4.20. The minimum Gasteiger partial charge on any atom is -0.317 e. The molecule has 1 N–H and O–H groups in total. The van der Waals surface area contributed by atoms with Crippen LogP contribution in [0.25, 0.3) is 6.08 Å². The molecule has 0 amide bonds. The van der Waals surface area contributed by atoms with E-state index in [1.165, 1.54) is 44.3 Å². The van der Waals surface area contributed by atoms with Crippen molar-refractivity contribution in [3.63, 3.8) is 0 Å². The number of aromatic nitrogens is 1. The summed E-state index contributed by atoms with van der Waals surface area (Å²) >= 11 is 0. The van der Waals surface area contributed by atoms with Crippen molar-refractivity contribution in [1.82, 2.24) is 10.3 Å². The average molecular weight is 230 g/mol. The van der Waals surface area contributed by atoms with Gasteiger partial charge >= 0.3 is 0 Å². The molecule has 0 aliphatic carbocycles. The van der Waals surface area contributed by atoms with Crippen LogP contribution in [0.4, 0.5) is 0 Å². The van der Waals surface area contributed by atoms with Crippen LogP contribution < -0.4 is 5.32 Å². The summed E-state index contributed by atoms with van der Waals surface area (Å²) in [5.74, 6) is 0.931. The number of hydrogen-bond donors (Lipinski definition) is 1. The molecule has 1 fully saturated rings. The van der Waals surface area contributed by atoms with Crippen LogP contribution in [0.2, 0.25) is 0 Å². The predicted molar refractivity (Wildman–Crippen MR) is 72.8 cm³/mol. The predicted octanol–water partition coefficient (Wildman–Crippen LogP) is 3.18. The molecule has 1 saturated heterocycles. The van der Waals surface area contributed by atoms with Crippen molar-refractivity contribution in [3.05, 3.63) is 35.7 Å². The van der Waals surface area contributed by atoms with Gasteiger partial charge in [-0.3, -0.25) is 4.98 Å². The van der Waals surface area contributed by atoms with E-state index in [1.807, 2.05) is 13.1 Å². The molecule has 0 aromatic carbocycles. The van der Waals surface area contributed by atoms with E-state index in [1.54, 1.807) is 0 Å². The maximum atomic E-state index is 4.20. The van der Waals surface area contributed by atoms with Crippen LogP contribution in [0.1, 0.15) is 36.9 Å². The Hall–Kier alpha value is -1.15. The lowest BCUT2D eigenvalue weighted by molar-refractivity contribution is 0.356. The summed E-state index contributed by atoms with van der Waals surface area (Å²) in [7, 11) is 0. The summed E-state index contributed by atoms with van der Waals surface area (Å²) < 4.78 is 0. The Kier molecular flexibility index (Phi) is 4.75. The van der Waals surface area contributed by atoms with Gasteiger partial charge in [0.2, 0.25) is 0 Å². The van der Waals surface area contributed by atoms with Gasteiger partial charge in [-0.15, -0.1) is 0 Å². The normalized spacial score (nSPS) is 17.7. The fraction of sp³-hybridized carbons (Fsp3) is 0.533. The van der Waals surface area contributed by atoms with E-state index in [-0.39, 0.29) is 0 Å². The van der Waals surface area contributed by atoms with Gasteiger partial charge in [0.25, 0.3) is 0 Å². The van der Waals surface area contributed by atoms with Crippen LogP contribution in [0.3, 0.4) is 0 Å². The molecule has 0 spiro atoms. The Morgan fingerprint density at radius 3 is 3.00 bits per heavy atom. The van der Waals surface area contributed by atoms with Crippen molar-refractivity contribution >= 4 is 6.08 Å². The zero-order chi connectivity index (χ0) is 11.9. The summed E-state index contributed by atoms with van der Waals surface area (Å²) in [6, 6.07) is 4.19. The zero-order valence-electron chi connectivity index (χ0n) is 10.7. The van der Waals surface area contributed by atoms with Gasteiger partial charge in [0.05, 0.1) is 0 Å². The van der Waals surface area contributed by atoms with Gasteiger partial charge in [-0.05, 0) is 69.3 Å². The van der Waals surface area contributed by atoms with Crippen LogP contribution in [0.15, 0.2) is 24.4 Å². The first-order valence-electron chi connectivity index (χ1n) is 6.64. The number of piperidine rings is 1. The lowest BCUT2D eigenvalue weighted by atomic mass is 9.93. The highest BCUT2D eigenvalue weighted by Crippen LogP contribution is 2.18. The van der Waals surface area contributed by atoms with Crippen molar-refractivity contribution in [2.75, 3.05) is 13.1 Å². The third kappa shape index (κ3) is 4.31. The van der Waals surface area contributed by atoms with Crippen LogP contribution >= 0.6 is 0 Å². The first-order valence-corrected chi connectivity index (χ1v) is 6.64. The topological polar surface area (TPSA) is 24.9 Å². The van der Waals surface area contributed by atoms with E-state index in [9.17, 15) is 0 Å². The van der Waals surface area contributed by atoms with Gasteiger partial charge in [0.15, 0.2) is 0 Å². The Morgan fingerprint density at radius 2 is 2.24 bits per heavy atom. The first kappa shape index (κ1) is 12.3. The molecule has 2 rings (SSSR count). The molecule has 1 aromatic rings. The van der Waals surface area contributed by atoms with E-state index in [0.717, 1.165) is 11.6 Å². The maximum absolute atomic E-state index is 4.20. The molecule has 0 unspecified atom stereocenters. The lowest BCUT2D eigenvalue weighted by Gasteiger charge is -2.21. The van der Waals surface area contributed by atoms with E-state index in [2.05, 4.69) is 34.6 Å². The van der Waals surface area contributed by atoms with Crippen molar-refractivity contribution in [2.45, 2.75) is 32.6 Å². The van der Waals surface area contributed by atoms with Crippen LogP contribution in [0.5, 0.6) is 0 Å². The second-order valence-corrected chi connectivity index (χ2v) is 4.90. The molecule has 0 saturated carbocycles. The van der Waals surface area contributed by atoms with Crippen molar-refractivity contribution in [3.8, 4) is 0 Å². The third-order valence-corrected chi connectivity index (χ3v) is 3.43. The molecule has 2 heteroatoms. The minimum atomic E-state index is 0.931. The largest absolute Gasteiger partial charge is 0.317 e. The van der Waals surface area contributed by atoms with Gasteiger partial charge < -0.3 is 5.32 Å². The molecule has 2 nitrogen and oxygen atoms in total. The highest BCUT2D eigenvalue weighted by atomic mass is 14.9.